The number of pyridine rings is 1. The average molecular weight is 425 g/mol. The molecule has 0 aliphatic heterocycles. The van der Waals surface area contributed by atoms with Crippen molar-refractivity contribution in [3.8, 4) is 17.2 Å². The van der Waals surface area contributed by atoms with Crippen LogP contribution in [-0.4, -0.2) is 41.8 Å². The molecule has 1 saturated carbocycles. The molecule has 4 rings (SSSR count). The summed E-state index contributed by atoms with van der Waals surface area (Å²) in [5.41, 5.74) is 2.23. The standard InChI is InChI=1S/C17H11FN4O2S.C4H9N/c18-15-4-2-11(9-21-15)10-1-3-13-14(7-10)25-17(22-13)12(8-19)16(24)20-5-6-23;1-5-4-2-3-4/h1-4,6-7,9,12H,5H2,(H,20,24);4-5H,2-3H2,1H3. The van der Waals surface area contributed by atoms with Crippen molar-refractivity contribution in [2.24, 2.45) is 0 Å². The number of fused-ring (bicyclic) bond motifs is 1. The van der Waals surface area contributed by atoms with E-state index in [1.807, 2.05) is 25.2 Å². The third-order valence-corrected chi connectivity index (χ3v) is 5.53. The van der Waals surface area contributed by atoms with Crippen LogP contribution in [0.3, 0.4) is 0 Å². The Labute approximate surface area is 177 Å². The van der Waals surface area contributed by atoms with Crippen molar-refractivity contribution >= 4 is 33.7 Å². The van der Waals surface area contributed by atoms with Crippen LogP contribution in [0.1, 0.15) is 23.8 Å². The van der Waals surface area contributed by atoms with Crippen molar-refractivity contribution < 1.29 is 14.0 Å². The third-order valence-electron chi connectivity index (χ3n) is 4.45. The predicted octanol–water partition coefficient (Wildman–Crippen LogP) is 2.79. The zero-order valence-electron chi connectivity index (χ0n) is 16.3. The van der Waals surface area contributed by atoms with E-state index in [0.29, 0.717) is 16.8 Å². The molecule has 1 unspecified atom stereocenters. The monoisotopic (exact) mass is 425 g/mol. The SMILES string of the molecule is CNC1CC1.N#CC(C(=O)NCC=O)c1nc2ccc(-c3ccc(F)nc3)cc2s1. The molecule has 9 heteroatoms. The summed E-state index contributed by atoms with van der Waals surface area (Å²) in [5.74, 6) is -2.19. The minimum absolute atomic E-state index is 0.149. The van der Waals surface area contributed by atoms with Crippen molar-refractivity contribution in [1.29, 1.82) is 5.26 Å². The Morgan fingerprint density at radius 1 is 1.37 bits per heavy atom. The van der Waals surface area contributed by atoms with E-state index in [9.17, 15) is 19.2 Å². The van der Waals surface area contributed by atoms with Crippen molar-refractivity contribution in [2.45, 2.75) is 24.8 Å². The molecule has 1 atom stereocenters. The molecular formula is C21H20FN5O2S. The minimum atomic E-state index is -1.08. The van der Waals surface area contributed by atoms with Gasteiger partial charge in [0.05, 0.1) is 22.8 Å². The molecule has 1 aliphatic rings. The molecule has 2 N–H and O–H groups in total. The number of carbonyl (C=O) groups excluding carboxylic acids is 2. The number of nitriles is 1. The molecule has 7 nitrogen and oxygen atoms in total. The zero-order valence-corrected chi connectivity index (χ0v) is 17.1. The van der Waals surface area contributed by atoms with Gasteiger partial charge in [-0.05, 0) is 49.7 Å². The van der Waals surface area contributed by atoms with E-state index >= 15 is 0 Å². The van der Waals surface area contributed by atoms with Gasteiger partial charge < -0.3 is 15.4 Å². The second-order valence-electron chi connectivity index (χ2n) is 6.64. The second kappa shape index (κ2) is 10.0. The highest BCUT2D eigenvalue weighted by Crippen LogP contribution is 2.31. The summed E-state index contributed by atoms with van der Waals surface area (Å²) < 4.78 is 13.7. The van der Waals surface area contributed by atoms with E-state index in [1.54, 1.807) is 12.1 Å². The Kier molecular flexibility index (Phi) is 7.17. The van der Waals surface area contributed by atoms with Gasteiger partial charge in [-0.1, -0.05) is 6.07 Å². The summed E-state index contributed by atoms with van der Waals surface area (Å²) in [6, 6.07) is 11.1. The molecule has 1 amide bonds. The summed E-state index contributed by atoms with van der Waals surface area (Å²) >= 11 is 1.23. The lowest BCUT2D eigenvalue weighted by Crippen LogP contribution is -2.30. The topological polar surface area (TPSA) is 108 Å². The van der Waals surface area contributed by atoms with Gasteiger partial charge in [-0.2, -0.15) is 9.65 Å². The Morgan fingerprint density at radius 3 is 2.70 bits per heavy atom. The molecule has 2 aromatic heterocycles. The molecule has 0 bridgehead atoms. The van der Waals surface area contributed by atoms with Gasteiger partial charge in [0.25, 0.3) is 0 Å². The predicted molar refractivity (Wildman–Crippen MR) is 112 cm³/mol. The fourth-order valence-corrected chi connectivity index (χ4v) is 3.69. The number of benzene rings is 1. The van der Waals surface area contributed by atoms with Gasteiger partial charge in [0, 0.05) is 17.8 Å². The molecule has 0 spiro atoms. The highest BCUT2D eigenvalue weighted by Gasteiger charge is 2.24. The maximum absolute atomic E-state index is 12.9. The maximum Gasteiger partial charge on any atom is 0.244 e. The number of halogens is 1. The highest BCUT2D eigenvalue weighted by atomic mass is 32.1. The van der Waals surface area contributed by atoms with E-state index in [0.717, 1.165) is 21.9 Å². The van der Waals surface area contributed by atoms with Gasteiger partial charge in [-0.3, -0.25) is 4.79 Å². The summed E-state index contributed by atoms with van der Waals surface area (Å²) in [5, 5.41) is 15.1. The molecule has 0 saturated heterocycles. The van der Waals surface area contributed by atoms with Crippen LogP contribution in [0.2, 0.25) is 0 Å². The first-order chi connectivity index (χ1) is 14.5. The first-order valence-corrected chi connectivity index (χ1v) is 10.2. The van der Waals surface area contributed by atoms with Gasteiger partial charge in [0.15, 0.2) is 5.92 Å². The largest absolute Gasteiger partial charge is 0.348 e. The van der Waals surface area contributed by atoms with Crippen LogP contribution in [0.4, 0.5) is 4.39 Å². The van der Waals surface area contributed by atoms with Gasteiger partial charge in [-0.25, -0.2) is 9.97 Å². The Bertz CT molecular complexity index is 1070. The van der Waals surface area contributed by atoms with Gasteiger partial charge in [0.2, 0.25) is 11.9 Å². The van der Waals surface area contributed by atoms with E-state index in [-0.39, 0.29) is 6.54 Å². The molecular weight excluding hydrogens is 405 g/mol. The third kappa shape index (κ3) is 5.43. The average Bonchev–Trinajstić information content (AvgIpc) is 3.52. The van der Waals surface area contributed by atoms with E-state index in [4.69, 9.17) is 0 Å². The van der Waals surface area contributed by atoms with Crippen LogP contribution in [0, 0.1) is 17.3 Å². The lowest BCUT2D eigenvalue weighted by molar-refractivity contribution is -0.122. The first kappa shape index (κ1) is 21.5. The molecule has 0 radical (unpaired) electrons. The van der Waals surface area contributed by atoms with Crippen molar-refractivity contribution in [1.82, 2.24) is 20.6 Å². The summed E-state index contributed by atoms with van der Waals surface area (Å²) in [7, 11) is 2.01. The van der Waals surface area contributed by atoms with Gasteiger partial charge >= 0.3 is 0 Å². The lowest BCUT2D eigenvalue weighted by Gasteiger charge is -2.04. The fraction of sp³-hybridized carbons (Fsp3) is 0.286. The normalized spacial score (nSPS) is 13.6. The number of nitrogens with zero attached hydrogens (tertiary/aromatic N) is 3. The van der Waals surface area contributed by atoms with E-state index in [2.05, 4.69) is 20.6 Å². The Hall–Kier alpha value is -3.22. The Balaban J connectivity index is 0.000000448. The number of rotatable bonds is 6. The van der Waals surface area contributed by atoms with Crippen LogP contribution in [0.25, 0.3) is 21.3 Å². The summed E-state index contributed by atoms with van der Waals surface area (Å²) in [6.45, 7) is -0.149. The summed E-state index contributed by atoms with van der Waals surface area (Å²) in [4.78, 5) is 30.3. The molecule has 154 valence electrons. The van der Waals surface area contributed by atoms with Crippen molar-refractivity contribution in [2.75, 3.05) is 13.6 Å². The molecule has 30 heavy (non-hydrogen) atoms. The number of carbonyl (C=O) groups is 2. The molecule has 1 aromatic carbocycles. The van der Waals surface area contributed by atoms with Crippen molar-refractivity contribution in [3.63, 3.8) is 0 Å². The quantitative estimate of drug-likeness (QED) is 0.464. The summed E-state index contributed by atoms with van der Waals surface area (Å²) in [6.07, 6.45) is 4.78. The van der Waals surface area contributed by atoms with Crippen molar-refractivity contribution in [3.05, 3.63) is 47.5 Å². The number of aldehydes is 1. The van der Waals surface area contributed by atoms with Crippen LogP contribution >= 0.6 is 11.3 Å². The number of aromatic nitrogens is 2. The lowest BCUT2D eigenvalue weighted by atomic mass is 10.1. The van der Waals surface area contributed by atoms with E-state index in [1.165, 1.54) is 36.4 Å². The van der Waals surface area contributed by atoms with Gasteiger partial charge in [-0.15, -0.1) is 11.3 Å². The van der Waals surface area contributed by atoms with Gasteiger partial charge in [0.1, 0.15) is 11.3 Å². The fourth-order valence-electron chi connectivity index (χ4n) is 2.63. The number of amides is 1. The highest BCUT2D eigenvalue weighted by molar-refractivity contribution is 7.18. The Morgan fingerprint density at radius 2 is 2.13 bits per heavy atom. The minimum Gasteiger partial charge on any atom is -0.348 e. The molecule has 3 aromatic rings. The van der Waals surface area contributed by atoms with Crippen LogP contribution in [0.15, 0.2) is 36.5 Å². The number of nitrogens with one attached hydrogen (secondary N) is 2. The second-order valence-corrected chi connectivity index (χ2v) is 7.70. The first-order valence-electron chi connectivity index (χ1n) is 9.36. The molecule has 2 heterocycles. The number of hydrogen-bond donors (Lipinski definition) is 2. The van der Waals surface area contributed by atoms with Crippen LogP contribution in [0.5, 0.6) is 0 Å². The zero-order chi connectivity index (χ0) is 21.5. The maximum atomic E-state index is 12.9. The van der Waals surface area contributed by atoms with E-state index < -0.39 is 17.8 Å². The number of thiazole rings is 1. The van der Waals surface area contributed by atoms with Crippen LogP contribution < -0.4 is 10.6 Å². The number of hydrogen-bond acceptors (Lipinski definition) is 7. The van der Waals surface area contributed by atoms with Crippen LogP contribution in [-0.2, 0) is 9.59 Å². The smallest absolute Gasteiger partial charge is 0.244 e. The molecule has 1 fully saturated rings. The molecule has 1 aliphatic carbocycles.